The van der Waals surface area contributed by atoms with Crippen LogP contribution in [0.1, 0.15) is 51.0 Å². The minimum Gasteiger partial charge on any atom is -0.285 e. The summed E-state index contributed by atoms with van der Waals surface area (Å²) >= 11 is 0. The van der Waals surface area contributed by atoms with E-state index in [9.17, 15) is 19.6 Å². The Hall–Kier alpha value is -2.21. The first-order chi connectivity index (χ1) is 11.5. The highest BCUT2D eigenvalue weighted by atomic mass is 16.5. The quantitative estimate of drug-likeness (QED) is 0.343. The van der Waals surface area contributed by atoms with Gasteiger partial charge in [0.05, 0.1) is 13.0 Å². The van der Waals surface area contributed by atoms with Gasteiger partial charge in [0.2, 0.25) is 11.8 Å². The fourth-order valence-electron chi connectivity index (χ4n) is 2.78. The van der Waals surface area contributed by atoms with Crippen LogP contribution in [0.3, 0.4) is 0 Å². The van der Waals surface area contributed by atoms with Gasteiger partial charge in [0.15, 0.2) is 0 Å². The molecule has 6 heteroatoms. The van der Waals surface area contributed by atoms with Gasteiger partial charge in [-0.3, -0.25) is 24.5 Å². The number of rotatable bonds is 8. The zero-order valence-electron chi connectivity index (χ0n) is 14.0. The van der Waals surface area contributed by atoms with Crippen molar-refractivity contribution in [3.05, 3.63) is 35.9 Å². The molecule has 1 aromatic rings. The molecule has 0 radical (unpaired) electrons. The van der Waals surface area contributed by atoms with Crippen LogP contribution in [-0.2, 0) is 20.9 Å². The molecule has 0 saturated carbocycles. The molecule has 0 unspecified atom stereocenters. The van der Waals surface area contributed by atoms with Crippen molar-refractivity contribution < 1.29 is 19.6 Å². The van der Waals surface area contributed by atoms with E-state index in [1.807, 2.05) is 30.3 Å². The molecule has 130 valence electrons. The Morgan fingerprint density at radius 1 is 1.21 bits per heavy atom. The van der Waals surface area contributed by atoms with E-state index in [1.165, 1.54) is 0 Å². The van der Waals surface area contributed by atoms with E-state index < -0.39 is 17.9 Å². The molecule has 0 aliphatic carbocycles. The van der Waals surface area contributed by atoms with Gasteiger partial charge in [-0.15, -0.1) is 0 Å². The van der Waals surface area contributed by atoms with Crippen LogP contribution in [-0.4, -0.2) is 38.9 Å². The second-order valence-corrected chi connectivity index (χ2v) is 6.07. The summed E-state index contributed by atoms with van der Waals surface area (Å²) in [6.45, 7) is 2.23. The molecular formula is C18H24N2O4. The Balaban J connectivity index is 1.93. The normalized spacial score (nSPS) is 17.4. The molecule has 1 aromatic carbocycles. The van der Waals surface area contributed by atoms with E-state index in [0.29, 0.717) is 11.5 Å². The van der Waals surface area contributed by atoms with Crippen molar-refractivity contribution in [2.75, 3.05) is 0 Å². The summed E-state index contributed by atoms with van der Waals surface area (Å²) in [5.74, 6) is -1.39. The molecule has 0 aromatic heterocycles. The van der Waals surface area contributed by atoms with Crippen molar-refractivity contribution in [2.45, 2.75) is 58.0 Å². The number of hydrogen-bond donors (Lipinski definition) is 1. The summed E-state index contributed by atoms with van der Waals surface area (Å²) in [4.78, 5) is 37.6. The average Bonchev–Trinajstić information content (AvgIpc) is 2.87. The zero-order valence-corrected chi connectivity index (χ0v) is 14.0. The molecule has 1 atom stereocenters. The van der Waals surface area contributed by atoms with Crippen LogP contribution < -0.4 is 0 Å². The van der Waals surface area contributed by atoms with E-state index in [0.717, 1.165) is 29.7 Å². The van der Waals surface area contributed by atoms with Crippen molar-refractivity contribution in [2.24, 2.45) is 0 Å². The first kappa shape index (κ1) is 18.1. The lowest BCUT2D eigenvalue weighted by atomic mass is 10.1. The topological polar surface area (TPSA) is 77.9 Å². The van der Waals surface area contributed by atoms with Crippen LogP contribution in [0.4, 0.5) is 0 Å². The Bertz CT molecular complexity index is 588. The molecule has 1 N–H and O–H groups in total. The second kappa shape index (κ2) is 8.59. The highest BCUT2D eigenvalue weighted by molar-refractivity contribution is 6.06. The summed E-state index contributed by atoms with van der Waals surface area (Å²) in [5, 5.41) is 10.5. The van der Waals surface area contributed by atoms with Gasteiger partial charge < -0.3 is 0 Å². The van der Waals surface area contributed by atoms with Gasteiger partial charge in [0.25, 0.3) is 5.91 Å². The maximum absolute atomic E-state index is 12.4. The number of carbonyl (C=O) groups excluding carboxylic acids is 3. The second-order valence-electron chi connectivity index (χ2n) is 6.07. The number of unbranched alkanes of at least 4 members (excludes halogenated alkanes) is 3. The Morgan fingerprint density at radius 2 is 1.92 bits per heavy atom. The minimum absolute atomic E-state index is 0.160. The maximum Gasteiger partial charge on any atom is 0.255 e. The smallest absolute Gasteiger partial charge is 0.255 e. The van der Waals surface area contributed by atoms with Gasteiger partial charge in [-0.1, -0.05) is 56.5 Å². The van der Waals surface area contributed by atoms with Gasteiger partial charge in [-0.25, -0.2) is 5.06 Å². The van der Waals surface area contributed by atoms with E-state index in [1.54, 1.807) is 0 Å². The summed E-state index contributed by atoms with van der Waals surface area (Å²) in [7, 11) is 0. The molecule has 3 amide bonds. The Morgan fingerprint density at radius 3 is 2.58 bits per heavy atom. The largest absolute Gasteiger partial charge is 0.285 e. The molecule has 0 bridgehead atoms. The van der Waals surface area contributed by atoms with Crippen LogP contribution in [0.2, 0.25) is 0 Å². The molecule has 0 spiro atoms. The van der Waals surface area contributed by atoms with Crippen LogP contribution >= 0.6 is 0 Å². The summed E-state index contributed by atoms with van der Waals surface area (Å²) in [6.07, 6.45) is 3.70. The van der Waals surface area contributed by atoms with Crippen LogP contribution in [0.5, 0.6) is 0 Å². The standard InChI is InChI=1S/C18H24N2O4/c1-2-3-4-8-11-16(21)20(24)15-12-17(22)19(18(15)23)13-14-9-6-5-7-10-14/h5-7,9-10,15,24H,2-4,8,11-13H2,1H3/t15-/m1/s1. The third kappa shape index (κ3) is 4.41. The van der Waals surface area contributed by atoms with Crippen LogP contribution in [0.15, 0.2) is 30.3 Å². The van der Waals surface area contributed by atoms with Gasteiger partial charge in [-0.2, -0.15) is 0 Å². The SMILES string of the molecule is CCCCCCC(=O)N(O)[C@@H]1CC(=O)N(Cc2ccccc2)C1=O. The molecule has 1 saturated heterocycles. The summed E-state index contributed by atoms with van der Waals surface area (Å²) < 4.78 is 0. The number of imide groups is 1. The monoisotopic (exact) mass is 332 g/mol. The highest BCUT2D eigenvalue weighted by Gasteiger charge is 2.43. The van der Waals surface area contributed by atoms with Crippen molar-refractivity contribution in [1.29, 1.82) is 0 Å². The molecule has 1 aliphatic rings. The van der Waals surface area contributed by atoms with Crippen LogP contribution in [0, 0.1) is 0 Å². The van der Waals surface area contributed by atoms with E-state index in [-0.39, 0.29) is 25.3 Å². The molecule has 1 aliphatic heterocycles. The maximum atomic E-state index is 12.4. The summed E-state index contributed by atoms with van der Waals surface area (Å²) in [5.41, 5.74) is 0.829. The third-order valence-corrected chi connectivity index (χ3v) is 4.20. The lowest BCUT2D eigenvalue weighted by molar-refractivity contribution is -0.179. The van der Waals surface area contributed by atoms with Gasteiger partial charge in [-0.05, 0) is 12.0 Å². The Kier molecular flexibility index (Phi) is 6.49. The average molecular weight is 332 g/mol. The predicted molar refractivity (Wildman–Crippen MR) is 87.8 cm³/mol. The van der Waals surface area contributed by atoms with Gasteiger partial charge in [0.1, 0.15) is 6.04 Å². The van der Waals surface area contributed by atoms with E-state index >= 15 is 0 Å². The number of benzene rings is 1. The first-order valence-corrected chi connectivity index (χ1v) is 8.43. The number of carbonyl (C=O) groups is 3. The van der Waals surface area contributed by atoms with Crippen LogP contribution in [0.25, 0.3) is 0 Å². The fourth-order valence-corrected chi connectivity index (χ4v) is 2.78. The lowest BCUT2D eigenvalue weighted by Gasteiger charge is -2.21. The number of amides is 3. The predicted octanol–water partition coefficient (Wildman–Crippen LogP) is 2.50. The van der Waals surface area contributed by atoms with Crippen molar-refractivity contribution in [3.8, 4) is 0 Å². The number of hydrogen-bond acceptors (Lipinski definition) is 4. The molecular weight excluding hydrogens is 308 g/mol. The van der Waals surface area contributed by atoms with Crippen molar-refractivity contribution in [3.63, 3.8) is 0 Å². The fraction of sp³-hybridized carbons (Fsp3) is 0.500. The van der Waals surface area contributed by atoms with Gasteiger partial charge >= 0.3 is 0 Å². The minimum atomic E-state index is -1.10. The van der Waals surface area contributed by atoms with E-state index in [4.69, 9.17) is 0 Å². The molecule has 1 heterocycles. The van der Waals surface area contributed by atoms with Crippen molar-refractivity contribution in [1.82, 2.24) is 9.96 Å². The number of hydroxylamine groups is 2. The zero-order chi connectivity index (χ0) is 17.5. The molecule has 24 heavy (non-hydrogen) atoms. The molecule has 2 rings (SSSR count). The third-order valence-electron chi connectivity index (χ3n) is 4.20. The number of nitrogens with zero attached hydrogens (tertiary/aromatic N) is 2. The Labute approximate surface area is 142 Å². The first-order valence-electron chi connectivity index (χ1n) is 8.43. The van der Waals surface area contributed by atoms with Crippen molar-refractivity contribution >= 4 is 17.7 Å². The van der Waals surface area contributed by atoms with Gasteiger partial charge in [0, 0.05) is 6.42 Å². The van der Waals surface area contributed by atoms with E-state index in [2.05, 4.69) is 6.92 Å². The molecule has 6 nitrogen and oxygen atoms in total. The summed E-state index contributed by atoms with van der Waals surface area (Å²) in [6, 6.07) is 8.06. The molecule has 1 fully saturated rings. The highest BCUT2D eigenvalue weighted by Crippen LogP contribution is 2.21. The number of likely N-dealkylation sites (tertiary alicyclic amines) is 1. The lowest BCUT2D eigenvalue weighted by Crippen LogP contribution is -2.43.